The lowest BCUT2D eigenvalue weighted by Gasteiger charge is -2.07. The number of aliphatic hydroxyl groups excluding tert-OH is 1. The van der Waals surface area contributed by atoms with Crippen LogP contribution in [0.1, 0.15) is 17.5 Å². The van der Waals surface area contributed by atoms with Gasteiger partial charge in [-0.15, -0.1) is 5.10 Å². The maximum atomic E-state index is 11.6. The van der Waals surface area contributed by atoms with Crippen LogP contribution in [0.5, 0.6) is 0 Å². The van der Waals surface area contributed by atoms with E-state index in [0.717, 1.165) is 11.5 Å². The van der Waals surface area contributed by atoms with E-state index < -0.39 is 5.97 Å². The molecule has 1 N–H and O–H groups in total. The Hall–Kier alpha value is -1.76. The van der Waals surface area contributed by atoms with Gasteiger partial charge in [-0.05, 0) is 25.4 Å². The molecular formula is C10H13N3O3S. The van der Waals surface area contributed by atoms with Crippen LogP contribution in [0.4, 0.5) is 0 Å². The summed E-state index contributed by atoms with van der Waals surface area (Å²) in [4.78, 5) is 15.9. The van der Waals surface area contributed by atoms with Crippen molar-refractivity contribution in [2.75, 3.05) is 14.2 Å². The van der Waals surface area contributed by atoms with Gasteiger partial charge in [0.2, 0.25) is 0 Å². The number of rotatable bonds is 3. The van der Waals surface area contributed by atoms with E-state index >= 15 is 0 Å². The Morgan fingerprint density at radius 2 is 2.18 bits per heavy atom. The summed E-state index contributed by atoms with van der Waals surface area (Å²) in [5, 5.41) is 13.9. The second kappa shape index (κ2) is 5.53. The van der Waals surface area contributed by atoms with E-state index in [1.54, 1.807) is 13.8 Å². The molecule has 0 radical (unpaired) electrons. The molecule has 0 saturated heterocycles. The fourth-order valence-electron chi connectivity index (χ4n) is 1.19. The first kappa shape index (κ1) is 13.3. The SMILES string of the molecule is CN=C(C)/C(C(=O)OC)=C(/O)c1snnc1C. The zero-order valence-electron chi connectivity index (χ0n) is 10.0. The Kier molecular flexibility index (Phi) is 4.33. The number of hydrogen-bond acceptors (Lipinski definition) is 7. The van der Waals surface area contributed by atoms with Gasteiger partial charge in [0.15, 0.2) is 5.76 Å². The number of hydrogen-bond donors (Lipinski definition) is 1. The van der Waals surface area contributed by atoms with Crippen LogP contribution in [-0.4, -0.2) is 40.5 Å². The van der Waals surface area contributed by atoms with Gasteiger partial charge in [0.25, 0.3) is 0 Å². The third-order valence-electron chi connectivity index (χ3n) is 2.19. The summed E-state index contributed by atoms with van der Waals surface area (Å²) in [6.45, 7) is 3.31. The summed E-state index contributed by atoms with van der Waals surface area (Å²) in [6.07, 6.45) is 0. The van der Waals surface area contributed by atoms with Crippen LogP contribution in [0.2, 0.25) is 0 Å². The number of ether oxygens (including phenoxy) is 1. The number of aromatic nitrogens is 2. The molecule has 0 aliphatic heterocycles. The molecular weight excluding hydrogens is 242 g/mol. The Labute approximate surface area is 103 Å². The van der Waals surface area contributed by atoms with Crippen molar-refractivity contribution in [1.82, 2.24) is 9.59 Å². The normalized spacial score (nSPS) is 13.3. The standard InChI is InChI=1S/C10H13N3O3S/c1-5(11-3)7(10(15)16-4)8(14)9-6(2)12-13-17-9/h14H,1-4H3/b8-7-,11-5?. The molecule has 0 fully saturated rings. The van der Waals surface area contributed by atoms with Gasteiger partial charge in [-0.3, -0.25) is 4.99 Å². The lowest BCUT2D eigenvalue weighted by atomic mass is 10.1. The van der Waals surface area contributed by atoms with E-state index in [-0.39, 0.29) is 11.3 Å². The number of esters is 1. The predicted molar refractivity (Wildman–Crippen MR) is 65.2 cm³/mol. The molecule has 0 aliphatic carbocycles. The third kappa shape index (κ3) is 2.68. The first-order valence-electron chi connectivity index (χ1n) is 4.77. The Bertz CT molecular complexity index is 491. The van der Waals surface area contributed by atoms with E-state index in [2.05, 4.69) is 19.3 Å². The molecule has 0 unspecified atom stereocenters. The number of aryl methyl sites for hydroxylation is 1. The van der Waals surface area contributed by atoms with Gasteiger partial charge in [-0.2, -0.15) is 0 Å². The average Bonchev–Trinajstić information content (AvgIpc) is 2.74. The summed E-state index contributed by atoms with van der Waals surface area (Å²) in [7, 11) is 2.78. The Balaban J connectivity index is 3.39. The smallest absolute Gasteiger partial charge is 0.343 e. The molecule has 92 valence electrons. The van der Waals surface area contributed by atoms with E-state index in [9.17, 15) is 9.90 Å². The van der Waals surface area contributed by atoms with Gasteiger partial charge in [-0.25, -0.2) is 4.79 Å². The maximum Gasteiger partial charge on any atom is 0.343 e. The third-order valence-corrected chi connectivity index (χ3v) is 3.02. The second-order valence-electron chi connectivity index (χ2n) is 3.21. The molecule has 7 heteroatoms. The molecule has 0 spiro atoms. The van der Waals surface area contributed by atoms with Gasteiger partial charge in [-0.1, -0.05) is 4.49 Å². The van der Waals surface area contributed by atoms with Crippen LogP contribution < -0.4 is 0 Å². The minimum Gasteiger partial charge on any atom is -0.505 e. The van der Waals surface area contributed by atoms with Crippen molar-refractivity contribution in [1.29, 1.82) is 0 Å². The summed E-state index contributed by atoms with van der Waals surface area (Å²) < 4.78 is 8.32. The lowest BCUT2D eigenvalue weighted by molar-refractivity contribution is -0.135. The van der Waals surface area contributed by atoms with Gasteiger partial charge < -0.3 is 9.84 Å². The summed E-state index contributed by atoms with van der Waals surface area (Å²) in [6, 6.07) is 0. The second-order valence-corrected chi connectivity index (χ2v) is 3.97. The molecule has 1 rings (SSSR count). The average molecular weight is 255 g/mol. The van der Waals surface area contributed by atoms with Crippen LogP contribution in [0, 0.1) is 6.92 Å². The molecule has 0 aromatic carbocycles. The zero-order chi connectivity index (χ0) is 13.0. The fourth-order valence-corrected chi connectivity index (χ4v) is 1.80. The number of carbonyl (C=O) groups excluding carboxylic acids is 1. The van der Waals surface area contributed by atoms with Crippen LogP contribution in [0.3, 0.4) is 0 Å². The number of methoxy groups -OCH3 is 1. The van der Waals surface area contributed by atoms with E-state index in [4.69, 9.17) is 0 Å². The summed E-state index contributed by atoms with van der Waals surface area (Å²) in [5.74, 6) is -0.842. The predicted octanol–water partition coefficient (Wildman–Crippen LogP) is 1.38. The molecule has 0 aliphatic rings. The first-order chi connectivity index (χ1) is 8.02. The van der Waals surface area contributed by atoms with E-state index in [1.807, 2.05) is 0 Å². The van der Waals surface area contributed by atoms with Crippen molar-refractivity contribution < 1.29 is 14.6 Å². The van der Waals surface area contributed by atoms with Crippen LogP contribution >= 0.6 is 11.5 Å². The minimum atomic E-state index is -0.640. The van der Waals surface area contributed by atoms with E-state index in [0.29, 0.717) is 16.3 Å². The Morgan fingerprint density at radius 1 is 1.53 bits per heavy atom. The monoisotopic (exact) mass is 255 g/mol. The number of nitrogens with zero attached hydrogens (tertiary/aromatic N) is 3. The van der Waals surface area contributed by atoms with Crippen LogP contribution in [0.15, 0.2) is 10.6 Å². The molecule has 1 aromatic heterocycles. The molecule has 1 heterocycles. The zero-order valence-corrected chi connectivity index (χ0v) is 10.8. The lowest BCUT2D eigenvalue weighted by Crippen LogP contribution is -2.14. The van der Waals surface area contributed by atoms with Crippen molar-refractivity contribution >= 4 is 29.0 Å². The maximum absolute atomic E-state index is 11.6. The highest BCUT2D eigenvalue weighted by Crippen LogP contribution is 2.23. The van der Waals surface area contributed by atoms with E-state index in [1.165, 1.54) is 14.2 Å². The number of aliphatic imine (C=N–C) groups is 1. The molecule has 6 nitrogen and oxygen atoms in total. The largest absolute Gasteiger partial charge is 0.505 e. The van der Waals surface area contributed by atoms with Crippen molar-refractivity contribution in [2.24, 2.45) is 4.99 Å². The van der Waals surface area contributed by atoms with Gasteiger partial charge >= 0.3 is 5.97 Å². The highest BCUT2D eigenvalue weighted by molar-refractivity contribution is 7.06. The molecule has 0 bridgehead atoms. The quantitative estimate of drug-likeness (QED) is 0.382. The van der Waals surface area contributed by atoms with Crippen molar-refractivity contribution in [2.45, 2.75) is 13.8 Å². The molecule has 1 aromatic rings. The molecule has 0 saturated carbocycles. The number of aliphatic hydroxyl groups is 1. The first-order valence-corrected chi connectivity index (χ1v) is 5.54. The van der Waals surface area contributed by atoms with Crippen molar-refractivity contribution in [3.8, 4) is 0 Å². The molecule has 0 atom stereocenters. The van der Waals surface area contributed by atoms with Gasteiger partial charge in [0, 0.05) is 12.8 Å². The van der Waals surface area contributed by atoms with Crippen LogP contribution in [-0.2, 0) is 9.53 Å². The summed E-state index contributed by atoms with van der Waals surface area (Å²) in [5.41, 5.74) is 0.976. The van der Waals surface area contributed by atoms with Gasteiger partial charge in [0.05, 0.1) is 12.8 Å². The van der Waals surface area contributed by atoms with Crippen molar-refractivity contribution in [3.63, 3.8) is 0 Å². The van der Waals surface area contributed by atoms with Gasteiger partial charge in [0.1, 0.15) is 10.5 Å². The number of carbonyl (C=O) groups is 1. The minimum absolute atomic E-state index is 0.0316. The molecule has 0 amide bonds. The summed E-state index contributed by atoms with van der Waals surface area (Å²) >= 11 is 1.01. The fraction of sp³-hybridized carbons (Fsp3) is 0.400. The van der Waals surface area contributed by atoms with Crippen molar-refractivity contribution in [3.05, 3.63) is 16.1 Å². The van der Waals surface area contributed by atoms with Crippen LogP contribution in [0.25, 0.3) is 5.76 Å². The highest BCUT2D eigenvalue weighted by atomic mass is 32.1. The molecule has 17 heavy (non-hydrogen) atoms. The Morgan fingerprint density at radius 3 is 2.59 bits per heavy atom. The topological polar surface area (TPSA) is 84.7 Å². The highest BCUT2D eigenvalue weighted by Gasteiger charge is 2.22.